The number of hydrogen-bond acceptors (Lipinski definition) is 1. The van der Waals surface area contributed by atoms with Crippen molar-refractivity contribution in [3.63, 3.8) is 0 Å². The lowest BCUT2D eigenvalue weighted by Crippen LogP contribution is -2.32. The lowest BCUT2D eigenvalue weighted by atomic mass is 9.80. The van der Waals surface area contributed by atoms with Gasteiger partial charge in [-0.25, -0.2) is 8.78 Å². The van der Waals surface area contributed by atoms with Gasteiger partial charge in [0.2, 0.25) is 0 Å². The Balaban J connectivity index is 2.17. The summed E-state index contributed by atoms with van der Waals surface area (Å²) in [7, 11) is 1.93. The van der Waals surface area contributed by atoms with Gasteiger partial charge in [0, 0.05) is 12.6 Å². The Bertz CT molecular complexity index is 384. The first-order chi connectivity index (χ1) is 8.15. The first kappa shape index (κ1) is 12.5. The Kier molecular flexibility index (Phi) is 3.77. The van der Waals surface area contributed by atoms with Gasteiger partial charge in [0.05, 0.1) is 0 Å². The van der Waals surface area contributed by atoms with Crippen molar-refractivity contribution in [3.05, 3.63) is 35.4 Å². The molecule has 1 saturated carbocycles. The van der Waals surface area contributed by atoms with Crippen LogP contribution in [0, 0.1) is 17.0 Å². The summed E-state index contributed by atoms with van der Waals surface area (Å²) in [4.78, 5) is 0. The zero-order valence-corrected chi connectivity index (χ0v) is 10.2. The largest absolute Gasteiger partial charge is 0.319 e. The van der Waals surface area contributed by atoms with E-state index in [1.165, 1.54) is 18.9 Å². The Morgan fingerprint density at radius 2 is 1.94 bits per heavy atom. The van der Waals surface area contributed by atoms with Gasteiger partial charge in [0.1, 0.15) is 11.6 Å². The second-order valence-electron chi connectivity index (χ2n) is 5.15. The van der Waals surface area contributed by atoms with Crippen molar-refractivity contribution in [1.82, 2.24) is 5.32 Å². The predicted molar refractivity (Wildman–Crippen MR) is 64.9 cm³/mol. The zero-order chi connectivity index (χ0) is 12.3. The second kappa shape index (κ2) is 5.13. The minimum atomic E-state index is -0.500. The van der Waals surface area contributed by atoms with Gasteiger partial charge in [-0.15, -0.1) is 0 Å². The fourth-order valence-electron chi connectivity index (χ4n) is 2.99. The molecule has 3 heteroatoms. The fraction of sp³-hybridized carbons (Fsp3) is 0.571. The first-order valence-electron chi connectivity index (χ1n) is 6.24. The highest BCUT2D eigenvalue weighted by atomic mass is 19.1. The molecule has 0 radical (unpaired) electrons. The smallest absolute Gasteiger partial charge is 0.129 e. The second-order valence-corrected chi connectivity index (χ2v) is 5.15. The Labute approximate surface area is 101 Å². The van der Waals surface area contributed by atoms with E-state index < -0.39 is 11.6 Å². The SMILES string of the molecule is CNCC1(Cc2ccc(F)cc2F)CCCC1. The van der Waals surface area contributed by atoms with E-state index >= 15 is 0 Å². The molecule has 1 nitrogen and oxygen atoms in total. The van der Waals surface area contributed by atoms with Crippen LogP contribution in [0.1, 0.15) is 31.2 Å². The summed E-state index contributed by atoms with van der Waals surface area (Å²) >= 11 is 0. The van der Waals surface area contributed by atoms with E-state index in [0.29, 0.717) is 12.0 Å². The minimum Gasteiger partial charge on any atom is -0.319 e. The lowest BCUT2D eigenvalue weighted by molar-refractivity contribution is 0.282. The van der Waals surface area contributed by atoms with Crippen LogP contribution in [0.4, 0.5) is 8.78 Å². The highest BCUT2D eigenvalue weighted by molar-refractivity contribution is 5.20. The summed E-state index contributed by atoms with van der Waals surface area (Å²) in [6, 6.07) is 3.91. The zero-order valence-electron chi connectivity index (χ0n) is 10.2. The Hall–Kier alpha value is -0.960. The van der Waals surface area contributed by atoms with Crippen LogP contribution in [-0.4, -0.2) is 13.6 Å². The molecule has 1 aromatic carbocycles. The van der Waals surface area contributed by atoms with E-state index in [4.69, 9.17) is 0 Å². The van der Waals surface area contributed by atoms with E-state index in [2.05, 4.69) is 5.32 Å². The maximum atomic E-state index is 13.7. The minimum absolute atomic E-state index is 0.160. The summed E-state index contributed by atoms with van der Waals surface area (Å²) in [5.41, 5.74) is 0.802. The number of hydrogen-bond donors (Lipinski definition) is 1. The summed E-state index contributed by atoms with van der Waals surface area (Å²) in [5.74, 6) is -0.910. The standard InChI is InChI=1S/C14H19F2N/c1-17-10-14(6-2-3-7-14)9-11-4-5-12(15)8-13(11)16/h4-5,8,17H,2-3,6-7,9-10H2,1H3. The third-order valence-corrected chi connectivity index (χ3v) is 3.80. The van der Waals surface area contributed by atoms with E-state index in [1.54, 1.807) is 6.07 Å². The van der Waals surface area contributed by atoms with Gasteiger partial charge in [0.15, 0.2) is 0 Å². The first-order valence-corrected chi connectivity index (χ1v) is 6.24. The molecule has 1 aliphatic rings. The summed E-state index contributed by atoms with van der Waals surface area (Å²) in [6.45, 7) is 0.907. The molecule has 0 bridgehead atoms. The van der Waals surface area contributed by atoms with Crippen LogP contribution in [0.3, 0.4) is 0 Å². The monoisotopic (exact) mass is 239 g/mol. The third-order valence-electron chi connectivity index (χ3n) is 3.80. The highest BCUT2D eigenvalue weighted by Gasteiger charge is 2.33. The van der Waals surface area contributed by atoms with Crippen molar-refractivity contribution in [2.24, 2.45) is 5.41 Å². The summed E-state index contributed by atoms with van der Waals surface area (Å²) in [5, 5.41) is 3.21. The molecule has 0 unspecified atom stereocenters. The van der Waals surface area contributed by atoms with E-state index in [-0.39, 0.29) is 5.41 Å². The molecule has 0 aliphatic heterocycles. The molecule has 1 N–H and O–H groups in total. The van der Waals surface area contributed by atoms with Crippen LogP contribution >= 0.6 is 0 Å². The van der Waals surface area contributed by atoms with Crippen LogP contribution in [0.25, 0.3) is 0 Å². The molecule has 2 rings (SSSR count). The topological polar surface area (TPSA) is 12.0 Å². The van der Waals surface area contributed by atoms with E-state index in [0.717, 1.165) is 25.5 Å². The summed E-state index contributed by atoms with van der Waals surface area (Å²) < 4.78 is 26.5. The number of rotatable bonds is 4. The van der Waals surface area contributed by atoms with E-state index in [1.807, 2.05) is 7.05 Å². The van der Waals surface area contributed by atoms with Gasteiger partial charge < -0.3 is 5.32 Å². The predicted octanol–water partition coefficient (Wildman–Crippen LogP) is 3.29. The molecular weight excluding hydrogens is 220 g/mol. The Morgan fingerprint density at radius 1 is 1.24 bits per heavy atom. The van der Waals surface area contributed by atoms with Crippen LogP contribution < -0.4 is 5.32 Å². The van der Waals surface area contributed by atoms with Crippen molar-refractivity contribution in [1.29, 1.82) is 0 Å². The van der Waals surface area contributed by atoms with Gasteiger partial charge in [-0.2, -0.15) is 0 Å². The maximum Gasteiger partial charge on any atom is 0.129 e. The molecule has 1 fully saturated rings. The average molecular weight is 239 g/mol. The molecule has 0 amide bonds. The molecule has 1 aliphatic carbocycles. The van der Waals surface area contributed by atoms with Crippen molar-refractivity contribution in [3.8, 4) is 0 Å². The molecule has 0 heterocycles. The molecule has 17 heavy (non-hydrogen) atoms. The molecule has 1 aromatic rings. The van der Waals surface area contributed by atoms with Crippen molar-refractivity contribution < 1.29 is 8.78 Å². The quantitative estimate of drug-likeness (QED) is 0.850. The molecule has 94 valence electrons. The number of nitrogens with one attached hydrogen (secondary N) is 1. The number of benzene rings is 1. The van der Waals surface area contributed by atoms with Crippen LogP contribution in [0.15, 0.2) is 18.2 Å². The van der Waals surface area contributed by atoms with Crippen molar-refractivity contribution in [2.45, 2.75) is 32.1 Å². The van der Waals surface area contributed by atoms with Crippen LogP contribution in [0.2, 0.25) is 0 Å². The highest BCUT2D eigenvalue weighted by Crippen LogP contribution is 2.40. The third kappa shape index (κ3) is 2.83. The van der Waals surface area contributed by atoms with Crippen LogP contribution in [-0.2, 0) is 6.42 Å². The Morgan fingerprint density at radius 3 is 2.53 bits per heavy atom. The van der Waals surface area contributed by atoms with Crippen LogP contribution in [0.5, 0.6) is 0 Å². The number of halogens is 2. The lowest BCUT2D eigenvalue weighted by Gasteiger charge is -2.29. The molecule has 0 aromatic heterocycles. The van der Waals surface area contributed by atoms with Gasteiger partial charge in [-0.1, -0.05) is 18.9 Å². The fourth-order valence-corrected chi connectivity index (χ4v) is 2.99. The average Bonchev–Trinajstić information content (AvgIpc) is 2.72. The van der Waals surface area contributed by atoms with Gasteiger partial charge in [-0.3, -0.25) is 0 Å². The van der Waals surface area contributed by atoms with E-state index in [9.17, 15) is 8.78 Å². The normalized spacial score (nSPS) is 18.5. The molecule has 0 spiro atoms. The van der Waals surface area contributed by atoms with Gasteiger partial charge >= 0.3 is 0 Å². The summed E-state index contributed by atoms with van der Waals surface area (Å²) in [6.07, 6.45) is 5.39. The molecule has 0 atom stereocenters. The van der Waals surface area contributed by atoms with Crippen molar-refractivity contribution >= 4 is 0 Å². The maximum absolute atomic E-state index is 13.7. The van der Waals surface area contributed by atoms with Gasteiger partial charge in [0.25, 0.3) is 0 Å². The molecule has 0 saturated heterocycles. The molecular formula is C14H19F2N. The van der Waals surface area contributed by atoms with Gasteiger partial charge in [-0.05, 0) is 43.4 Å². The van der Waals surface area contributed by atoms with Crippen molar-refractivity contribution in [2.75, 3.05) is 13.6 Å².